The van der Waals surface area contributed by atoms with Gasteiger partial charge >= 0.3 is 0 Å². The van der Waals surface area contributed by atoms with Crippen molar-refractivity contribution in [3.8, 4) is 0 Å². The van der Waals surface area contributed by atoms with Gasteiger partial charge in [-0.1, -0.05) is 24.3 Å². The second-order valence-electron chi connectivity index (χ2n) is 5.86. The monoisotopic (exact) mass is 275 g/mol. The van der Waals surface area contributed by atoms with E-state index < -0.39 is 0 Å². The Bertz CT molecular complexity index is 445. The second-order valence-corrected chi connectivity index (χ2v) is 5.86. The number of carbonyl (C=O) groups excluding carboxylic acids is 1. The van der Waals surface area contributed by atoms with E-state index in [-0.39, 0.29) is 5.91 Å². The molecule has 1 heterocycles. The van der Waals surface area contributed by atoms with Crippen LogP contribution >= 0.6 is 0 Å². The van der Waals surface area contributed by atoms with Crippen molar-refractivity contribution >= 4 is 5.91 Å². The second kappa shape index (κ2) is 6.37. The van der Waals surface area contributed by atoms with Gasteiger partial charge < -0.3 is 10.6 Å². The number of amides is 1. The summed E-state index contributed by atoms with van der Waals surface area (Å²) in [7, 11) is 2.13. The molecule has 1 aliphatic heterocycles. The maximum atomic E-state index is 12.4. The largest absolute Gasteiger partial charge is 0.339 e. The molecule has 1 aliphatic rings. The molecule has 2 rings (SSSR count). The molecule has 0 aliphatic carbocycles. The minimum Gasteiger partial charge on any atom is -0.339 e. The molecule has 1 aromatic carbocycles. The summed E-state index contributed by atoms with van der Waals surface area (Å²) in [5.74, 6) is 0.220. The van der Waals surface area contributed by atoms with E-state index in [1.807, 2.05) is 29.2 Å². The van der Waals surface area contributed by atoms with Gasteiger partial charge in [0.25, 0.3) is 0 Å². The van der Waals surface area contributed by atoms with E-state index in [9.17, 15) is 4.79 Å². The SMILES string of the molecule is CC1CN(C(=O)Cc2ccc(CN)cc2)CC(C)N1C. The maximum absolute atomic E-state index is 12.4. The van der Waals surface area contributed by atoms with Crippen LogP contribution in [-0.2, 0) is 17.8 Å². The Labute approximate surface area is 121 Å². The molecule has 0 radical (unpaired) electrons. The van der Waals surface area contributed by atoms with Crippen molar-refractivity contribution in [2.24, 2.45) is 5.73 Å². The number of hydrogen-bond donors (Lipinski definition) is 1. The molecule has 1 saturated heterocycles. The van der Waals surface area contributed by atoms with Gasteiger partial charge in [-0.25, -0.2) is 0 Å². The first kappa shape index (κ1) is 15.0. The highest BCUT2D eigenvalue weighted by Crippen LogP contribution is 2.15. The van der Waals surface area contributed by atoms with Gasteiger partial charge in [-0.2, -0.15) is 0 Å². The fourth-order valence-electron chi connectivity index (χ4n) is 2.69. The summed E-state index contributed by atoms with van der Waals surface area (Å²) >= 11 is 0. The standard InChI is InChI=1S/C16H25N3O/c1-12-10-19(11-13(2)18(12)3)16(20)8-14-4-6-15(9-17)7-5-14/h4-7,12-13H,8-11,17H2,1-3H3. The third kappa shape index (κ3) is 3.38. The van der Waals surface area contributed by atoms with Crippen LogP contribution in [0.4, 0.5) is 0 Å². The number of hydrogen-bond acceptors (Lipinski definition) is 3. The molecule has 110 valence electrons. The third-order valence-electron chi connectivity index (χ3n) is 4.33. The predicted octanol–water partition coefficient (Wildman–Crippen LogP) is 1.24. The molecule has 0 spiro atoms. The summed E-state index contributed by atoms with van der Waals surface area (Å²) < 4.78 is 0. The summed E-state index contributed by atoms with van der Waals surface area (Å²) in [6.07, 6.45) is 0.480. The number of carbonyl (C=O) groups is 1. The highest BCUT2D eigenvalue weighted by Gasteiger charge is 2.28. The van der Waals surface area contributed by atoms with Crippen molar-refractivity contribution < 1.29 is 4.79 Å². The van der Waals surface area contributed by atoms with E-state index in [2.05, 4.69) is 25.8 Å². The molecule has 0 saturated carbocycles. The molecular formula is C16H25N3O. The Kier molecular flexibility index (Phi) is 4.78. The lowest BCUT2D eigenvalue weighted by atomic mass is 10.1. The van der Waals surface area contributed by atoms with Gasteiger partial charge in [0.05, 0.1) is 6.42 Å². The van der Waals surface area contributed by atoms with E-state index >= 15 is 0 Å². The molecule has 1 fully saturated rings. The topological polar surface area (TPSA) is 49.6 Å². The van der Waals surface area contributed by atoms with Crippen molar-refractivity contribution in [1.29, 1.82) is 0 Å². The minimum absolute atomic E-state index is 0.220. The first-order valence-corrected chi connectivity index (χ1v) is 7.29. The average Bonchev–Trinajstić information content (AvgIpc) is 2.45. The zero-order valence-electron chi connectivity index (χ0n) is 12.7. The fourth-order valence-corrected chi connectivity index (χ4v) is 2.69. The summed E-state index contributed by atoms with van der Waals surface area (Å²) in [5.41, 5.74) is 7.74. The summed E-state index contributed by atoms with van der Waals surface area (Å²) in [4.78, 5) is 16.7. The lowest BCUT2D eigenvalue weighted by molar-refractivity contribution is -0.134. The number of nitrogens with zero attached hydrogens (tertiary/aromatic N) is 2. The average molecular weight is 275 g/mol. The van der Waals surface area contributed by atoms with Crippen LogP contribution in [0.25, 0.3) is 0 Å². The van der Waals surface area contributed by atoms with Crippen LogP contribution in [0.15, 0.2) is 24.3 Å². The van der Waals surface area contributed by atoms with Gasteiger partial charge in [0.1, 0.15) is 0 Å². The Morgan fingerprint density at radius 2 is 1.65 bits per heavy atom. The van der Waals surface area contributed by atoms with Gasteiger partial charge in [0.2, 0.25) is 5.91 Å². The first-order valence-electron chi connectivity index (χ1n) is 7.29. The van der Waals surface area contributed by atoms with Gasteiger partial charge in [-0.05, 0) is 32.0 Å². The number of rotatable bonds is 3. The van der Waals surface area contributed by atoms with Crippen LogP contribution < -0.4 is 5.73 Å². The van der Waals surface area contributed by atoms with E-state index in [4.69, 9.17) is 5.73 Å². The van der Waals surface area contributed by atoms with Crippen molar-refractivity contribution in [2.45, 2.75) is 38.9 Å². The third-order valence-corrected chi connectivity index (χ3v) is 4.33. The molecular weight excluding hydrogens is 250 g/mol. The Hall–Kier alpha value is -1.39. The van der Waals surface area contributed by atoms with Gasteiger partial charge in [0.15, 0.2) is 0 Å². The van der Waals surface area contributed by atoms with E-state index in [0.717, 1.165) is 24.2 Å². The van der Waals surface area contributed by atoms with Crippen LogP contribution in [0.3, 0.4) is 0 Å². The first-order chi connectivity index (χ1) is 9.51. The van der Waals surface area contributed by atoms with Crippen molar-refractivity contribution in [1.82, 2.24) is 9.80 Å². The molecule has 20 heavy (non-hydrogen) atoms. The van der Waals surface area contributed by atoms with E-state index in [1.165, 1.54) is 0 Å². The summed E-state index contributed by atoms with van der Waals surface area (Å²) in [5, 5.41) is 0. The molecule has 1 amide bonds. The van der Waals surface area contributed by atoms with Crippen LogP contribution in [0.2, 0.25) is 0 Å². The molecule has 2 atom stereocenters. The Balaban J connectivity index is 1.97. The smallest absolute Gasteiger partial charge is 0.227 e. The highest BCUT2D eigenvalue weighted by atomic mass is 16.2. The van der Waals surface area contributed by atoms with Crippen LogP contribution in [0, 0.1) is 0 Å². The van der Waals surface area contributed by atoms with Crippen molar-refractivity contribution in [3.63, 3.8) is 0 Å². The molecule has 4 nitrogen and oxygen atoms in total. The minimum atomic E-state index is 0.220. The molecule has 2 N–H and O–H groups in total. The summed E-state index contributed by atoms with van der Waals surface area (Å²) in [6.45, 7) is 6.53. The van der Waals surface area contributed by atoms with Crippen LogP contribution in [-0.4, -0.2) is 47.9 Å². The Morgan fingerprint density at radius 3 is 2.15 bits per heavy atom. The van der Waals surface area contributed by atoms with E-state index in [1.54, 1.807) is 0 Å². The van der Waals surface area contributed by atoms with Crippen molar-refractivity contribution in [2.75, 3.05) is 20.1 Å². The van der Waals surface area contributed by atoms with E-state index in [0.29, 0.717) is 25.0 Å². The molecule has 2 unspecified atom stereocenters. The number of piperazine rings is 1. The normalized spacial score (nSPS) is 23.9. The van der Waals surface area contributed by atoms with Gasteiger partial charge in [-0.3, -0.25) is 9.69 Å². The van der Waals surface area contributed by atoms with Gasteiger partial charge in [-0.15, -0.1) is 0 Å². The lowest BCUT2D eigenvalue weighted by Gasteiger charge is -2.42. The van der Waals surface area contributed by atoms with Crippen LogP contribution in [0.1, 0.15) is 25.0 Å². The zero-order valence-corrected chi connectivity index (χ0v) is 12.7. The molecule has 0 aromatic heterocycles. The highest BCUT2D eigenvalue weighted by molar-refractivity contribution is 5.79. The molecule has 4 heteroatoms. The Morgan fingerprint density at radius 1 is 1.15 bits per heavy atom. The maximum Gasteiger partial charge on any atom is 0.227 e. The van der Waals surface area contributed by atoms with Gasteiger partial charge in [0, 0.05) is 31.7 Å². The number of benzene rings is 1. The number of likely N-dealkylation sites (N-methyl/N-ethyl adjacent to an activating group) is 1. The zero-order chi connectivity index (χ0) is 14.7. The quantitative estimate of drug-likeness (QED) is 0.903. The summed E-state index contributed by atoms with van der Waals surface area (Å²) in [6, 6.07) is 8.84. The molecule has 1 aromatic rings. The molecule has 0 bridgehead atoms. The predicted molar refractivity (Wildman–Crippen MR) is 81.3 cm³/mol. The van der Waals surface area contributed by atoms with Crippen molar-refractivity contribution in [3.05, 3.63) is 35.4 Å². The van der Waals surface area contributed by atoms with Crippen LogP contribution in [0.5, 0.6) is 0 Å². The lowest BCUT2D eigenvalue weighted by Crippen LogP contribution is -2.56. The fraction of sp³-hybridized carbons (Fsp3) is 0.562. The number of nitrogens with two attached hydrogens (primary N) is 1.